The first-order valence-corrected chi connectivity index (χ1v) is 12.8. The first-order valence-electron chi connectivity index (χ1n) is 10.9. The normalized spacial score (nSPS) is 12.3. The molecular weight excluding hydrogens is 462 g/mol. The van der Waals surface area contributed by atoms with Gasteiger partial charge < -0.3 is 5.73 Å². The SMILES string of the molecule is C=CN(C#N)C(C)CCc1nc2c(-c3ccc(-c4ccccc4)nc3)cnn2c(N)c1S(C)(=O)=O. The highest BCUT2D eigenvalue weighted by atomic mass is 32.2. The molecule has 1 aromatic carbocycles. The molecule has 0 saturated carbocycles. The highest BCUT2D eigenvalue weighted by Gasteiger charge is 2.25. The van der Waals surface area contributed by atoms with E-state index in [1.165, 1.54) is 15.6 Å². The topological polar surface area (TPSA) is 130 Å². The summed E-state index contributed by atoms with van der Waals surface area (Å²) in [5, 5.41) is 13.6. The van der Waals surface area contributed by atoms with Gasteiger partial charge in [0.25, 0.3) is 0 Å². The number of sulfone groups is 1. The van der Waals surface area contributed by atoms with E-state index in [9.17, 15) is 13.7 Å². The van der Waals surface area contributed by atoms with Crippen LogP contribution in [0.1, 0.15) is 19.0 Å². The summed E-state index contributed by atoms with van der Waals surface area (Å²) in [6, 6.07) is 13.5. The Kier molecular flexibility index (Phi) is 6.53. The third-order valence-electron chi connectivity index (χ3n) is 5.81. The van der Waals surface area contributed by atoms with Crippen LogP contribution in [0.2, 0.25) is 0 Å². The summed E-state index contributed by atoms with van der Waals surface area (Å²) in [4.78, 5) is 10.6. The third kappa shape index (κ3) is 4.72. The molecule has 0 saturated heterocycles. The number of nitrogens with zero attached hydrogens (tertiary/aromatic N) is 6. The fraction of sp³-hybridized carbons (Fsp3) is 0.200. The van der Waals surface area contributed by atoms with E-state index >= 15 is 0 Å². The van der Waals surface area contributed by atoms with Gasteiger partial charge >= 0.3 is 0 Å². The molecule has 4 rings (SSSR count). The number of nitriles is 1. The van der Waals surface area contributed by atoms with Crippen LogP contribution in [-0.2, 0) is 16.3 Å². The van der Waals surface area contributed by atoms with Crippen LogP contribution in [0.5, 0.6) is 0 Å². The van der Waals surface area contributed by atoms with Gasteiger partial charge in [0, 0.05) is 41.4 Å². The number of anilines is 1. The predicted molar refractivity (Wildman–Crippen MR) is 135 cm³/mol. The van der Waals surface area contributed by atoms with Crippen molar-refractivity contribution in [3.63, 3.8) is 0 Å². The van der Waals surface area contributed by atoms with Gasteiger partial charge in [-0.1, -0.05) is 43.0 Å². The monoisotopic (exact) mass is 487 g/mol. The van der Waals surface area contributed by atoms with Crippen molar-refractivity contribution in [1.29, 1.82) is 5.26 Å². The zero-order chi connectivity index (χ0) is 25.2. The van der Waals surface area contributed by atoms with E-state index in [1.807, 2.05) is 55.6 Å². The average Bonchev–Trinajstić information content (AvgIpc) is 3.28. The zero-order valence-corrected chi connectivity index (χ0v) is 20.3. The second-order valence-electron chi connectivity index (χ2n) is 8.21. The molecule has 0 amide bonds. The minimum absolute atomic E-state index is 0.00104. The minimum atomic E-state index is -3.69. The van der Waals surface area contributed by atoms with Crippen LogP contribution >= 0.6 is 0 Å². The van der Waals surface area contributed by atoms with Gasteiger partial charge in [0.2, 0.25) is 0 Å². The lowest BCUT2D eigenvalue weighted by Gasteiger charge is -2.20. The van der Waals surface area contributed by atoms with Crippen molar-refractivity contribution in [2.45, 2.75) is 30.7 Å². The molecule has 2 N–H and O–H groups in total. The molecule has 1 atom stereocenters. The number of nitrogen functional groups attached to an aromatic ring is 1. The summed E-state index contributed by atoms with van der Waals surface area (Å²) < 4.78 is 26.6. The zero-order valence-electron chi connectivity index (χ0n) is 19.5. The van der Waals surface area contributed by atoms with Crippen LogP contribution < -0.4 is 5.73 Å². The van der Waals surface area contributed by atoms with Gasteiger partial charge in [0.15, 0.2) is 21.7 Å². The van der Waals surface area contributed by atoms with Gasteiger partial charge in [0.05, 0.1) is 17.6 Å². The Hall–Kier alpha value is -4.23. The lowest BCUT2D eigenvalue weighted by Crippen LogP contribution is -2.24. The molecular formula is C25H25N7O2S. The lowest BCUT2D eigenvalue weighted by molar-refractivity contribution is 0.381. The van der Waals surface area contributed by atoms with Gasteiger partial charge in [-0.05, 0) is 25.8 Å². The number of hydrogen-bond donors (Lipinski definition) is 1. The smallest absolute Gasteiger partial charge is 0.183 e. The fourth-order valence-corrected chi connectivity index (χ4v) is 5.00. The molecule has 0 aliphatic heterocycles. The maximum atomic E-state index is 12.6. The lowest BCUT2D eigenvalue weighted by atomic mass is 10.1. The van der Waals surface area contributed by atoms with Gasteiger partial charge in [-0.15, -0.1) is 0 Å². The van der Waals surface area contributed by atoms with Crippen molar-refractivity contribution < 1.29 is 8.42 Å². The summed E-state index contributed by atoms with van der Waals surface area (Å²) in [7, 11) is -3.69. The maximum Gasteiger partial charge on any atom is 0.183 e. The number of nitrogens with two attached hydrogens (primary N) is 1. The molecule has 0 radical (unpaired) electrons. The highest BCUT2D eigenvalue weighted by Crippen LogP contribution is 2.30. The number of hydrogen-bond acceptors (Lipinski definition) is 8. The summed E-state index contributed by atoms with van der Waals surface area (Å²) in [6.45, 7) is 5.50. The number of pyridine rings is 1. The standard InChI is InChI=1S/C25H25N7O2S/c1-4-31(16-26)17(2)10-12-22-23(35(3,33)34)24(27)32-25(30-22)20(15-29-32)19-11-13-21(28-14-19)18-8-6-5-7-9-18/h4-9,11,13-15,17H,1,10,12,27H2,2-3H3. The number of aromatic nitrogens is 4. The Morgan fingerprint density at radius 2 is 1.94 bits per heavy atom. The van der Waals surface area contributed by atoms with Crippen molar-refractivity contribution in [3.05, 3.63) is 73.3 Å². The quantitative estimate of drug-likeness (QED) is 0.294. The molecule has 3 aromatic heterocycles. The van der Waals surface area contributed by atoms with Crippen molar-refractivity contribution in [2.24, 2.45) is 0 Å². The summed E-state index contributed by atoms with van der Waals surface area (Å²) in [5.41, 5.74) is 10.4. The van der Waals surface area contributed by atoms with Crippen molar-refractivity contribution in [2.75, 3.05) is 12.0 Å². The number of aryl methyl sites for hydroxylation is 1. The Morgan fingerprint density at radius 1 is 1.20 bits per heavy atom. The van der Waals surface area contributed by atoms with Gasteiger partial charge in [-0.3, -0.25) is 9.88 Å². The van der Waals surface area contributed by atoms with Gasteiger partial charge in [-0.25, -0.2) is 13.4 Å². The first-order chi connectivity index (χ1) is 16.7. The second kappa shape index (κ2) is 9.56. The molecule has 0 bridgehead atoms. The van der Waals surface area contributed by atoms with E-state index in [1.54, 1.807) is 12.4 Å². The van der Waals surface area contributed by atoms with Crippen LogP contribution in [0.25, 0.3) is 28.0 Å². The minimum Gasteiger partial charge on any atom is -0.382 e. The molecule has 0 spiro atoms. The van der Waals surface area contributed by atoms with Crippen LogP contribution in [0.3, 0.4) is 0 Å². The van der Waals surface area contributed by atoms with Crippen LogP contribution in [0.15, 0.2) is 72.5 Å². The largest absolute Gasteiger partial charge is 0.382 e. The summed E-state index contributed by atoms with van der Waals surface area (Å²) in [6.07, 6.45) is 8.69. The molecule has 0 aliphatic rings. The molecule has 9 nitrogen and oxygen atoms in total. The van der Waals surface area contributed by atoms with Crippen LogP contribution in [-0.4, -0.2) is 45.2 Å². The van der Waals surface area contributed by atoms with E-state index in [-0.39, 0.29) is 16.8 Å². The van der Waals surface area contributed by atoms with Gasteiger partial charge in [0.1, 0.15) is 10.7 Å². The molecule has 0 aliphatic carbocycles. The van der Waals surface area contributed by atoms with E-state index in [4.69, 9.17) is 5.73 Å². The molecule has 1 unspecified atom stereocenters. The molecule has 10 heteroatoms. The van der Waals surface area contributed by atoms with E-state index in [0.717, 1.165) is 23.1 Å². The highest BCUT2D eigenvalue weighted by molar-refractivity contribution is 7.91. The van der Waals surface area contributed by atoms with Gasteiger partial charge in [-0.2, -0.15) is 14.9 Å². The van der Waals surface area contributed by atoms with Crippen LogP contribution in [0, 0.1) is 11.5 Å². The average molecular weight is 488 g/mol. The summed E-state index contributed by atoms with van der Waals surface area (Å²) in [5.74, 6) is 0.00104. The van der Waals surface area contributed by atoms with Crippen molar-refractivity contribution >= 4 is 21.3 Å². The molecule has 178 valence electrons. The molecule has 0 fully saturated rings. The first kappa shape index (κ1) is 23.9. The molecule has 3 heterocycles. The number of fused-ring (bicyclic) bond motifs is 1. The Morgan fingerprint density at radius 3 is 2.54 bits per heavy atom. The van der Waals surface area contributed by atoms with E-state index in [2.05, 4.69) is 21.6 Å². The second-order valence-corrected chi connectivity index (χ2v) is 10.2. The fourth-order valence-electron chi connectivity index (χ4n) is 3.96. The third-order valence-corrected chi connectivity index (χ3v) is 6.99. The Bertz CT molecular complexity index is 1520. The number of benzene rings is 1. The predicted octanol–water partition coefficient (Wildman–Crippen LogP) is 3.69. The summed E-state index contributed by atoms with van der Waals surface area (Å²) >= 11 is 0. The Labute approximate surface area is 204 Å². The Balaban J connectivity index is 1.77. The number of rotatable bonds is 8. The van der Waals surface area contributed by atoms with Crippen molar-refractivity contribution in [3.8, 4) is 28.6 Å². The molecule has 4 aromatic rings. The maximum absolute atomic E-state index is 12.6. The van der Waals surface area contributed by atoms with Crippen molar-refractivity contribution in [1.82, 2.24) is 24.5 Å². The molecule has 35 heavy (non-hydrogen) atoms. The van der Waals surface area contributed by atoms with E-state index < -0.39 is 9.84 Å². The van der Waals surface area contributed by atoms with Crippen LogP contribution in [0.4, 0.5) is 5.82 Å². The van der Waals surface area contributed by atoms with E-state index in [0.29, 0.717) is 29.7 Å².